The molecule has 0 bridgehead atoms. The minimum absolute atomic E-state index is 0.156. The highest BCUT2D eigenvalue weighted by Gasteiger charge is 2.25. The minimum atomic E-state index is -4.14. The number of benzene rings is 2. The molecule has 0 unspecified atom stereocenters. The fourth-order valence-corrected chi connectivity index (χ4v) is 5.51. The van der Waals surface area contributed by atoms with Gasteiger partial charge in [0.05, 0.1) is 28.7 Å². The third-order valence-corrected chi connectivity index (χ3v) is 6.84. The summed E-state index contributed by atoms with van der Waals surface area (Å²) >= 11 is 1.35. The number of fused-ring (bicyclic) bond motifs is 3. The first-order valence-corrected chi connectivity index (χ1v) is 10.7. The first kappa shape index (κ1) is 18.5. The number of sulfonamides is 1. The first-order chi connectivity index (χ1) is 13.3. The van der Waals surface area contributed by atoms with E-state index < -0.39 is 15.6 Å². The molecule has 0 amide bonds. The van der Waals surface area contributed by atoms with E-state index >= 15 is 0 Å². The van der Waals surface area contributed by atoms with Gasteiger partial charge >= 0.3 is 0 Å². The lowest BCUT2D eigenvalue weighted by atomic mass is 10.2. The van der Waals surface area contributed by atoms with Gasteiger partial charge in [-0.05, 0) is 43.7 Å². The van der Waals surface area contributed by atoms with E-state index in [1.807, 2.05) is 19.1 Å². The van der Waals surface area contributed by atoms with Gasteiger partial charge in [0.2, 0.25) is 0 Å². The second-order valence-electron chi connectivity index (χ2n) is 6.36. The van der Waals surface area contributed by atoms with Crippen molar-refractivity contribution in [1.82, 2.24) is 9.38 Å². The van der Waals surface area contributed by atoms with Crippen LogP contribution in [-0.4, -0.2) is 24.9 Å². The van der Waals surface area contributed by atoms with Gasteiger partial charge in [0.1, 0.15) is 5.75 Å². The molecule has 1 N–H and O–H groups in total. The molecule has 0 fully saturated rings. The Labute approximate surface area is 165 Å². The Morgan fingerprint density at radius 3 is 2.68 bits per heavy atom. The van der Waals surface area contributed by atoms with Crippen LogP contribution in [0.15, 0.2) is 52.2 Å². The van der Waals surface area contributed by atoms with Gasteiger partial charge in [0, 0.05) is 6.07 Å². The van der Waals surface area contributed by atoms with E-state index in [1.54, 1.807) is 30.3 Å². The number of anilines is 1. The number of nitrogens with one attached hydrogen (secondary N) is 1. The number of methoxy groups -OCH3 is 1. The molecule has 4 rings (SSSR count). The number of ether oxygens (including phenoxy) is 1. The fourth-order valence-electron chi connectivity index (χ4n) is 3.06. The van der Waals surface area contributed by atoms with Gasteiger partial charge in [-0.15, -0.1) is 0 Å². The molecule has 2 aromatic carbocycles. The van der Waals surface area contributed by atoms with E-state index in [9.17, 15) is 13.2 Å². The molecular weight excluding hydrogens is 398 g/mol. The Morgan fingerprint density at radius 1 is 1.14 bits per heavy atom. The molecule has 4 aromatic rings. The van der Waals surface area contributed by atoms with Crippen LogP contribution in [0.2, 0.25) is 0 Å². The maximum atomic E-state index is 13.2. The molecule has 144 valence electrons. The number of thiazole rings is 1. The Balaban J connectivity index is 1.92. The monoisotopic (exact) mass is 415 g/mol. The average molecular weight is 415 g/mol. The standard InChI is InChI=1S/C19H17N3O4S2/c1-11-7-8-15-16(9-11)27-19-20-12(2)17(18(23)22(15)19)28(24,25)21-13-5-4-6-14(10-13)26-3/h4-10,21H,1-3H3. The molecule has 0 aliphatic heterocycles. The summed E-state index contributed by atoms with van der Waals surface area (Å²) in [5.41, 5.74) is 1.53. The number of aryl methyl sites for hydroxylation is 2. The van der Waals surface area contributed by atoms with Gasteiger partial charge in [-0.1, -0.05) is 23.5 Å². The van der Waals surface area contributed by atoms with Crippen LogP contribution in [0.5, 0.6) is 5.75 Å². The van der Waals surface area contributed by atoms with E-state index in [4.69, 9.17) is 4.74 Å². The fraction of sp³-hybridized carbons (Fsp3) is 0.158. The largest absolute Gasteiger partial charge is 0.497 e. The van der Waals surface area contributed by atoms with Gasteiger partial charge in [-0.2, -0.15) is 0 Å². The van der Waals surface area contributed by atoms with Crippen molar-refractivity contribution in [3.05, 3.63) is 64.1 Å². The normalized spacial score (nSPS) is 11.8. The van der Waals surface area contributed by atoms with Crippen LogP contribution in [-0.2, 0) is 10.0 Å². The Kier molecular flexibility index (Phi) is 4.35. The summed E-state index contributed by atoms with van der Waals surface area (Å²) in [5.74, 6) is 0.501. The summed E-state index contributed by atoms with van der Waals surface area (Å²) < 4.78 is 35.8. The van der Waals surface area contributed by atoms with Gasteiger partial charge < -0.3 is 4.74 Å². The summed E-state index contributed by atoms with van der Waals surface area (Å²) in [4.78, 5) is 17.6. The molecule has 0 spiro atoms. The van der Waals surface area contributed by atoms with Crippen molar-refractivity contribution >= 4 is 42.2 Å². The van der Waals surface area contributed by atoms with Crippen LogP contribution < -0.4 is 15.0 Å². The molecule has 0 aliphatic carbocycles. The van der Waals surface area contributed by atoms with E-state index in [0.717, 1.165) is 10.3 Å². The third-order valence-electron chi connectivity index (χ3n) is 4.33. The molecule has 0 radical (unpaired) electrons. The topological polar surface area (TPSA) is 89.8 Å². The molecule has 0 saturated heterocycles. The second-order valence-corrected chi connectivity index (χ2v) is 8.99. The zero-order valence-corrected chi connectivity index (χ0v) is 17.0. The van der Waals surface area contributed by atoms with Crippen molar-refractivity contribution in [3.63, 3.8) is 0 Å². The lowest BCUT2D eigenvalue weighted by molar-refractivity contribution is 0.415. The van der Waals surface area contributed by atoms with E-state index in [2.05, 4.69) is 9.71 Å². The average Bonchev–Trinajstić information content (AvgIpc) is 2.98. The summed E-state index contributed by atoms with van der Waals surface area (Å²) in [7, 11) is -2.65. The van der Waals surface area contributed by atoms with Gasteiger partial charge in [0.15, 0.2) is 9.86 Å². The van der Waals surface area contributed by atoms with Crippen LogP contribution in [0.3, 0.4) is 0 Å². The third kappa shape index (κ3) is 3.02. The summed E-state index contributed by atoms with van der Waals surface area (Å²) in [6.07, 6.45) is 0. The lowest BCUT2D eigenvalue weighted by Crippen LogP contribution is -2.27. The summed E-state index contributed by atoms with van der Waals surface area (Å²) in [6, 6.07) is 12.1. The number of hydrogen-bond donors (Lipinski definition) is 1. The molecule has 7 nitrogen and oxygen atoms in total. The van der Waals surface area contributed by atoms with Crippen LogP contribution >= 0.6 is 11.3 Å². The highest BCUT2D eigenvalue weighted by molar-refractivity contribution is 7.92. The molecular formula is C19H17N3O4S2. The van der Waals surface area contributed by atoms with Crippen molar-refractivity contribution in [3.8, 4) is 5.75 Å². The highest BCUT2D eigenvalue weighted by Crippen LogP contribution is 2.27. The number of rotatable bonds is 4. The van der Waals surface area contributed by atoms with E-state index in [0.29, 0.717) is 21.9 Å². The van der Waals surface area contributed by atoms with Crippen molar-refractivity contribution in [2.75, 3.05) is 11.8 Å². The maximum absolute atomic E-state index is 13.2. The maximum Gasteiger partial charge on any atom is 0.280 e. The van der Waals surface area contributed by atoms with Crippen molar-refractivity contribution in [2.45, 2.75) is 18.7 Å². The molecule has 28 heavy (non-hydrogen) atoms. The van der Waals surface area contributed by atoms with Gasteiger partial charge in [0.25, 0.3) is 15.6 Å². The second kappa shape index (κ2) is 6.61. The van der Waals surface area contributed by atoms with Crippen molar-refractivity contribution in [1.29, 1.82) is 0 Å². The first-order valence-electron chi connectivity index (χ1n) is 8.39. The van der Waals surface area contributed by atoms with Crippen LogP contribution in [0, 0.1) is 13.8 Å². The minimum Gasteiger partial charge on any atom is -0.497 e. The Hall–Kier alpha value is -2.91. The van der Waals surface area contributed by atoms with Crippen molar-refractivity contribution in [2.24, 2.45) is 0 Å². The zero-order valence-electron chi connectivity index (χ0n) is 15.4. The zero-order chi connectivity index (χ0) is 20.1. The molecule has 9 heteroatoms. The van der Waals surface area contributed by atoms with E-state index in [1.165, 1.54) is 29.8 Å². The smallest absolute Gasteiger partial charge is 0.280 e. The molecule has 0 saturated carbocycles. The number of aromatic nitrogens is 2. The summed E-state index contributed by atoms with van der Waals surface area (Å²) in [6.45, 7) is 3.48. The summed E-state index contributed by atoms with van der Waals surface area (Å²) in [5, 5.41) is 0. The Bertz CT molecular complexity index is 1390. The lowest BCUT2D eigenvalue weighted by Gasteiger charge is -2.10. The van der Waals surface area contributed by atoms with E-state index in [-0.39, 0.29) is 10.6 Å². The Morgan fingerprint density at radius 2 is 1.93 bits per heavy atom. The quantitative estimate of drug-likeness (QED) is 0.552. The predicted molar refractivity (Wildman–Crippen MR) is 110 cm³/mol. The molecule has 0 aliphatic rings. The van der Waals surface area contributed by atoms with Crippen LogP contribution in [0.4, 0.5) is 5.69 Å². The molecule has 0 atom stereocenters. The predicted octanol–water partition coefficient (Wildman–Crippen LogP) is 3.34. The van der Waals surface area contributed by atoms with Crippen LogP contribution in [0.25, 0.3) is 15.2 Å². The molecule has 2 heterocycles. The number of hydrogen-bond acceptors (Lipinski definition) is 6. The van der Waals surface area contributed by atoms with Gasteiger partial charge in [-0.3, -0.25) is 9.52 Å². The molecule has 2 aromatic heterocycles. The number of nitrogens with zero attached hydrogens (tertiary/aromatic N) is 2. The van der Waals surface area contributed by atoms with Gasteiger partial charge in [-0.25, -0.2) is 17.8 Å². The highest BCUT2D eigenvalue weighted by atomic mass is 32.2. The van der Waals surface area contributed by atoms with Crippen molar-refractivity contribution < 1.29 is 13.2 Å². The SMILES string of the molecule is COc1cccc(NS(=O)(=O)c2c(C)nc3sc4cc(C)ccc4n3c2=O)c1. The van der Waals surface area contributed by atoms with Crippen LogP contribution in [0.1, 0.15) is 11.3 Å².